The Morgan fingerprint density at radius 1 is 1.41 bits per heavy atom. The smallest absolute Gasteiger partial charge is 0.251 e. The number of amides is 1. The Bertz CT molecular complexity index is 397. The fourth-order valence-electron chi connectivity index (χ4n) is 1.15. The number of halogens is 1. The third-order valence-electron chi connectivity index (χ3n) is 2.34. The fraction of sp³-hybridized carbons (Fsp3) is 0.333. The maximum Gasteiger partial charge on any atom is 0.251 e. The Balaban J connectivity index is 0.00000256. The molecule has 0 fully saturated rings. The number of carbonyl (C=O) groups is 1. The minimum Gasteiger partial charge on any atom is -0.350 e. The van der Waals surface area contributed by atoms with E-state index < -0.39 is 0 Å². The highest BCUT2D eigenvalue weighted by atomic mass is 35.5. The van der Waals surface area contributed by atoms with Gasteiger partial charge in [0.1, 0.15) is 0 Å². The molecule has 17 heavy (non-hydrogen) atoms. The van der Waals surface area contributed by atoms with E-state index in [9.17, 15) is 4.79 Å². The largest absolute Gasteiger partial charge is 0.350 e. The Morgan fingerprint density at radius 2 is 2.00 bits per heavy atom. The first-order valence-corrected chi connectivity index (χ1v) is 5.13. The predicted octanol–water partition coefficient (Wildman–Crippen LogP) is 1.32. The summed E-state index contributed by atoms with van der Waals surface area (Å²) in [6.45, 7) is 2.56. The fourth-order valence-corrected chi connectivity index (χ4v) is 1.15. The normalized spacial score (nSPS) is 10.9. The molecule has 0 aliphatic heterocycles. The Hall–Kier alpha value is -1.57. The molecule has 0 heterocycles. The van der Waals surface area contributed by atoms with Crippen LogP contribution in [0.15, 0.2) is 24.3 Å². The van der Waals surface area contributed by atoms with Gasteiger partial charge in [-0.25, -0.2) is 0 Å². The third-order valence-corrected chi connectivity index (χ3v) is 2.34. The first-order valence-electron chi connectivity index (χ1n) is 5.13. The van der Waals surface area contributed by atoms with Crippen LogP contribution in [0.4, 0.5) is 0 Å². The van der Waals surface area contributed by atoms with E-state index in [1.54, 1.807) is 24.3 Å². The van der Waals surface area contributed by atoms with E-state index in [-0.39, 0.29) is 24.4 Å². The van der Waals surface area contributed by atoms with E-state index in [0.717, 1.165) is 0 Å². The lowest BCUT2D eigenvalue weighted by molar-refractivity contribution is 0.0950. The van der Waals surface area contributed by atoms with Crippen molar-refractivity contribution in [3.63, 3.8) is 0 Å². The topological polar surface area (TPSA) is 64.9 Å². The summed E-state index contributed by atoms with van der Waals surface area (Å²) in [6.07, 6.45) is 0. The van der Waals surface area contributed by atoms with Crippen molar-refractivity contribution in [2.75, 3.05) is 13.6 Å². The minimum absolute atomic E-state index is 0. The lowest BCUT2D eigenvalue weighted by Gasteiger charge is -2.11. The van der Waals surface area contributed by atoms with Gasteiger partial charge in [0.05, 0.1) is 11.6 Å². The van der Waals surface area contributed by atoms with Gasteiger partial charge >= 0.3 is 0 Å². The Morgan fingerprint density at radius 3 is 2.47 bits per heavy atom. The number of hydrogen-bond donors (Lipinski definition) is 2. The first-order chi connectivity index (χ1) is 7.67. The van der Waals surface area contributed by atoms with Crippen molar-refractivity contribution in [1.82, 2.24) is 10.6 Å². The summed E-state index contributed by atoms with van der Waals surface area (Å²) in [6, 6.07) is 8.82. The predicted molar refractivity (Wildman–Crippen MR) is 69.3 cm³/mol. The molecule has 1 amide bonds. The number of nitrogens with zero attached hydrogens (tertiary/aromatic N) is 1. The van der Waals surface area contributed by atoms with Crippen LogP contribution < -0.4 is 10.6 Å². The lowest BCUT2D eigenvalue weighted by Crippen LogP contribution is -2.37. The maximum atomic E-state index is 11.6. The minimum atomic E-state index is -0.119. The van der Waals surface area contributed by atoms with Crippen molar-refractivity contribution in [3.8, 4) is 6.07 Å². The summed E-state index contributed by atoms with van der Waals surface area (Å²) in [5.41, 5.74) is 1.13. The van der Waals surface area contributed by atoms with Gasteiger partial charge in [0, 0.05) is 18.2 Å². The number of nitrogens with one attached hydrogen (secondary N) is 2. The monoisotopic (exact) mass is 253 g/mol. The van der Waals surface area contributed by atoms with Gasteiger partial charge in [0.15, 0.2) is 0 Å². The lowest BCUT2D eigenvalue weighted by atomic mass is 10.1. The van der Waals surface area contributed by atoms with Crippen molar-refractivity contribution in [2.24, 2.45) is 0 Å². The molecular weight excluding hydrogens is 238 g/mol. The molecule has 5 heteroatoms. The van der Waals surface area contributed by atoms with Gasteiger partial charge in [-0.2, -0.15) is 5.26 Å². The highest BCUT2D eigenvalue weighted by Gasteiger charge is 2.06. The molecule has 2 N–H and O–H groups in total. The molecule has 1 aromatic carbocycles. The standard InChI is InChI=1S/C12H15N3O.ClH/c1-9(14-2)8-15-12(16)11-5-3-10(7-13)4-6-11;/h3-6,9,14H,8H2,1-2H3,(H,15,16);1H. The number of nitriles is 1. The number of carbonyl (C=O) groups excluding carboxylic acids is 1. The zero-order valence-corrected chi connectivity index (χ0v) is 10.7. The Kier molecular flexibility index (Phi) is 6.95. The van der Waals surface area contributed by atoms with E-state index >= 15 is 0 Å². The van der Waals surface area contributed by atoms with Gasteiger partial charge < -0.3 is 10.6 Å². The molecule has 0 aliphatic carbocycles. The average molecular weight is 254 g/mol. The molecule has 0 saturated heterocycles. The number of hydrogen-bond acceptors (Lipinski definition) is 3. The van der Waals surface area contributed by atoms with Crippen LogP contribution in [-0.4, -0.2) is 25.5 Å². The summed E-state index contributed by atoms with van der Waals surface area (Å²) in [7, 11) is 1.85. The molecular formula is C12H16ClN3O. The van der Waals surface area contributed by atoms with Crippen LogP contribution in [0.5, 0.6) is 0 Å². The van der Waals surface area contributed by atoms with Crippen LogP contribution in [0.1, 0.15) is 22.8 Å². The molecule has 0 aliphatic rings. The third kappa shape index (κ3) is 4.85. The van der Waals surface area contributed by atoms with E-state index in [0.29, 0.717) is 17.7 Å². The van der Waals surface area contributed by atoms with Crippen LogP contribution in [0.25, 0.3) is 0 Å². The van der Waals surface area contributed by atoms with Gasteiger partial charge in [-0.1, -0.05) is 0 Å². The van der Waals surface area contributed by atoms with Gasteiger partial charge in [0.25, 0.3) is 5.91 Å². The van der Waals surface area contributed by atoms with Gasteiger partial charge in [0.2, 0.25) is 0 Å². The number of benzene rings is 1. The van der Waals surface area contributed by atoms with E-state index in [4.69, 9.17) is 5.26 Å². The molecule has 0 radical (unpaired) electrons. The molecule has 0 aromatic heterocycles. The highest BCUT2D eigenvalue weighted by molar-refractivity contribution is 5.94. The zero-order chi connectivity index (χ0) is 12.0. The van der Waals surface area contributed by atoms with Crippen LogP contribution in [0.3, 0.4) is 0 Å². The summed E-state index contributed by atoms with van der Waals surface area (Å²) in [5, 5.41) is 14.5. The quantitative estimate of drug-likeness (QED) is 0.851. The molecule has 0 spiro atoms. The molecule has 0 saturated carbocycles. The second-order valence-corrected chi connectivity index (χ2v) is 3.59. The van der Waals surface area contributed by atoms with E-state index in [2.05, 4.69) is 10.6 Å². The highest BCUT2D eigenvalue weighted by Crippen LogP contribution is 2.02. The second kappa shape index (κ2) is 7.66. The molecule has 1 atom stereocenters. The summed E-state index contributed by atoms with van der Waals surface area (Å²) >= 11 is 0. The Labute approximate surface area is 107 Å². The van der Waals surface area contributed by atoms with Gasteiger partial charge in [-0.3, -0.25) is 4.79 Å². The zero-order valence-electron chi connectivity index (χ0n) is 9.86. The molecule has 92 valence electrons. The SMILES string of the molecule is CNC(C)CNC(=O)c1ccc(C#N)cc1.Cl. The number of likely N-dealkylation sites (N-methyl/N-ethyl adjacent to an activating group) is 1. The maximum absolute atomic E-state index is 11.6. The van der Waals surface area contributed by atoms with Gasteiger partial charge in [-0.15, -0.1) is 12.4 Å². The summed E-state index contributed by atoms with van der Waals surface area (Å²) < 4.78 is 0. The average Bonchev–Trinajstić information content (AvgIpc) is 2.35. The van der Waals surface area contributed by atoms with Crippen LogP contribution in [-0.2, 0) is 0 Å². The van der Waals surface area contributed by atoms with Crippen molar-refractivity contribution < 1.29 is 4.79 Å². The van der Waals surface area contributed by atoms with Gasteiger partial charge in [-0.05, 0) is 38.2 Å². The molecule has 4 nitrogen and oxygen atoms in total. The van der Waals surface area contributed by atoms with Crippen molar-refractivity contribution in [1.29, 1.82) is 5.26 Å². The van der Waals surface area contributed by atoms with Crippen LogP contribution in [0.2, 0.25) is 0 Å². The van der Waals surface area contributed by atoms with Crippen molar-refractivity contribution in [2.45, 2.75) is 13.0 Å². The summed E-state index contributed by atoms with van der Waals surface area (Å²) in [5.74, 6) is -0.119. The molecule has 1 rings (SSSR count). The number of rotatable bonds is 4. The van der Waals surface area contributed by atoms with Crippen LogP contribution >= 0.6 is 12.4 Å². The van der Waals surface area contributed by atoms with Crippen LogP contribution in [0, 0.1) is 11.3 Å². The molecule has 1 aromatic rings. The van der Waals surface area contributed by atoms with E-state index in [1.165, 1.54) is 0 Å². The second-order valence-electron chi connectivity index (χ2n) is 3.59. The first kappa shape index (κ1) is 15.4. The van der Waals surface area contributed by atoms with Crippen molar-refractivity contribution in [3.05, 3.63) is 35.4 Å². The molecule has 1 unspecified atom stereocenters. The summed E-state index contributed by atoms with van der Waals surface area (Å²) in [4.78, 5) is 11.6. The molecule has 0 bridgehead atoms. The van der Waals surface area contributed by atoms with E-state index in [1.807, 2.05) is 20.0 Å². The van der Waals surface area contributed by atoms with Crippen molar-refractivity contribution >= 4 is 18.3 Å².